The van der Waals surface area contributed by atoms with Crippen LogP contribution in [0.4, 0.5) is 16.2 Å². The highest BCUT2D eigenvalue weighted by atomic mass is 16.6. The molecule has 1 atom stereocenters. The van der Waals surface area contributed by atoms with Crippen molar-refractivity contribution in [2.24, 2.45) is 5.92 Å². The van der Waals surface area contributed by atoms with Gasteiger partial charge in [-0.3, -0.25) is 25.0 Å². The van der Waals surface area contributed by atoms with Gasteiger partial charge in [0.05, 0.1) is 22.4 Å². The number of nitro benzene ring substituents is 2. The number of ether oxygens (including phenoxy) is 4. The van der Waals surface area contributed by atoms with E-state index in [9.17, 15) is 34.6 Å². The molecule has 0 radical (unpaired) electrons. The van der Waals surface area contributed by atoms with Gasteiger partial charge in [0, 0.05) is 37.9 Å². The lowest BCUT2D eigenvalue weighted by Gasteiger charge is -2.31. The summed E-state index contributed by atoms with van der Waals surface area (Å²) in [6, 6.07) is 3.35. The largest absolute Gasteiger partial charge is 0.458 e. The Morgan fingerprint density at radius 2 is 1.67 bits per heavy atom. The van der Waals surface area contributed by atoms with E-state index in [0.717, 1.165) is 12.1 Å². The summed E-state index contributed by atoms with van der Waals surface area (Å²) in [6.45, 7) is 4.39. The number of rotatable bonds is 11. The molecule has 1 amide bonds. The fraction of sp³-hybridized carbons (Fsp3) is 0.500. The highest BCUT2D eigenvalue weighted by molar-refractivity contribution is 5.86. The van der Waals surface area contributed by atoms with Gasteiger partial charge in [0.25, 0.3) is 11.4 Å². The van der Waals surface area contributed by atoms with Crippen molar-refractivity contribution in [3.63, 3.8) is 0 Å². The Morgan fingerprint density at radius 3 is 2.17 bits per heavy atom. The minimum absolute atomic E-state index is 0.0120. The van der Waals surface area contributed by atoms with E-state index in [-0.39, 0.29) is 50.3 Å². The first kappa shape index (κ1) is 28.2. The fourth-order valence-electron chi connectivity index (χ4n) is 3.43. The highest BCUT2D eigenvalue weighted by Crippen LogP contribution is 2.29. The molecule has 0 N–H and O–H groups in total. The van der Waals surface area contributed by atoms with E-state index in [0.29, 0.717) is 0 Å². The number of methoxy groups -OCH3 is 1. The third kappa shape index (κ3) is 7.73. The van der Waals surface area contributed by atoms with Crippen molar-refractivity contribution in [3.05, 3.63) is 56.1 Å². The Kier molecular flexibility index (Phi) is 10.3. The van der Waals surface area contributed by atoms with Crippen LogP contribution in [0, 0.1) is 26.1 Å². The summed E-state index contributed by atoms with van der Waals surface area (Å²) in [4.78, 5) is 58.7. The number of nitro groups is 2. The molecule has 1 aromatic rings. The van der Waals surface area contributed by atoms with Crippen LogP contribution in [0.1, 0.15) is 25.3 Å². The highest BCUT2D eigenvalue weighted by Gasteiger charge is 2.32. The predicted molar refractivity (Wildman–Crippen MR) is 122 cm³/mol. The lowest BCUT2D eigenvalue weighted by atomic mass is 9.97. The van der Waals surface area contributed by atoms with E-state index < -0.39 is 57.9 Å². The number of nitrogens with zero attached hydrogens (tertiary/aromatic N) is 3. The molecule has 0 spiro atoms. The van der Waals surface area contributed by atoms with Crippen LogP contribution < -0.4 is 0 Å². The molecule has 0 bridgehead atoms. The van der Waals surface area contributed by atoms with Gasteiger partial charge in [-0.05, 0) is 25.8 Å². The summed E-state index contributed by atoms with van der Waals surface area (Å²) < 4.78 is 20.5. The summed E-state index contributed by atoms with van der Waals surface area (Å²) in [5.41, 5.74) is -1.18. The minimum atomic E-state index is -0.821. The Balaban J connectivity index is 1.90. The molecule has 14 heteroatoms. The second-order valence-corrected chi connectivity index (χ2v) is 8.00. The number of benzene rings is 1. The third-order valence-electron chi connectivity index (χ3n) is 5.33. The van der Waals surface area contributed by atoms with Crippen molar-refractivity contribution in [2.75, 3.05) is 33.4 Å². The van der Waals surface area contributed by atoms with Gasteiger partial charge in [-0.2, -0.15) is 0 Å². The number of piperidine rings is 1. The van der Waals surface area contributed by atoms with E-state index in [1.54, 1.807) is 0 Å². The summed E-state index contributed by atoms with van der Waals surface area (Å²) in [5, 5.41) is 22.4. The zero-order chi connectivity index (χ0) is 26.8. The van der Waals surface area contributed by atoms with Gasteiger partial charge in [-0.1, -0.05) is 6.58 Å². The van der Waals surface area contributed by atoms with Crippen molar-refractivity contribution in [3.8, 4) is 0 Å². The summed E-state index contributed by atoms with van der Waals surface area (Å²) in [5.74, 6) is -1.68. The van der Waals surface area contributed by atoms with Crippen LogP contribution >= 0.6 is 0 Å². The maximum absolute atomic E-state index is 12.6. The average Bonchev–Trinajstić information content (AvgIpc) is 2.85. The molecule has 1 fully saturated rings. The maximum atomic E-state index is 12.6. The van der Waals surface area contributed by atoms with Crippen molar-refractivity contribution < 1.29 is 43.2 Å². The average molecular weight is 509 g/mol. The van der Waals surface area contributed by atoms with Crippen LogP contribution in [0.2, 0.25) is 0 Å². The van der Waals surface area contributed by atoms with Crippen LogP contribution in [-0.4, -0.2) is 72.3 Å². The number of hydrogen-bond donors (Lipinski definition) is 0. The second kappa shape index (κ2) is 13.1. The Morgan fingerprint density at radius 1 is 1.08 bits per heavy atom. The van der Waals surface area contributed by atoms with Crippen LogP contribution in [0.15, 0.2) is 30.4 Å². The van der Waals surface area contributed by atoms with E-state index in [1.165, 1.54) is 25.0 Å². The molecule has 1 heterocycles. The zero-order valence-corrected chi connectivity index (χ0v) is 19.9. The fourth-order valence-corrected chi connectivity index (χ4v) is 3.43. The molecule has 196 valence electrons. The van der Waals surface area contributed by atoms with Crippen molar-refractivity contribution in [1.29, 1.82) is 0 Å². The Hall–Kier alpha value is -4.07. The first-order chi connectivity index (χ1) is 17.0. The number of esters is 2. The molecule has 0 aliphatic carbocycles. The van der Waals surface area contributed by atoms with Gasteiger partial charge in [-0.15, -0.1) is 0 Å². The van der Waals surface area contributed by atoms with Gasteiger partial charge in [0.1, 0.15) is 18.8 Å². The number of carbonyl (C=O) groups excluding carboxylic acids is 3. The van der Waals surface area contributed by atoms with Gasteiger partial charge in [-0.25, -0.2) is 9.59 Å². The zero-order valence-electron chi connectivity index (χ0n) is 19.9. The minimum Gasteiger partial charge on any atom is -0.458 e. The van der Waals surface area contributed by atoms with Gasteiger partial charge < -0.3 is 23.8 Å². The van der Waals surface area contributed by atoms with Crippen molar-refractivity contribution in [2.45, 2.75) is 32.5 Å². The molecule has 36 heavy (non-hydrogen) atoms. The lowest BCUT2D eigenvalue weighted by molar-refractivity contribution is -0.396. The van der Waals surface area contributed by atoms with Crippen molar-refractivity contribution >= 4 is 29.4 Å². The predicted octanol–water partition coefficient (Wildman–Crippen LogP) is 2.53. The third-order valence-corrected chi connectivity index (χ3v) is 5.33. The number of amides is 1. The van der Waals surface area contributed by atoms with Gasteiger partial charge >= 0.3 is 18.0 Å². The van der Waals surface area contributed by atoms with Gasteiger partial charge in [0.15, 0.2) is 6.10 Å². The molecule has 1 unspecified atom stereocenters. The summed E-state index contributed by atoms with van der Waals surface area (Å²) >= 11 is 0. The Bertz CT molecular complexity index is 986. The topological polar surface area (TPSA) is 178 Å². The standard InChI is InChI=1S/C22H27N3O11/c1-14(2)20(26)34-12-16(11-33-3)36-21(27)15-7-9-23(10-8-15)22(28)35-13-17-18(24(29)30)5-4-6-19(17)25(31)32/h4-6,15-16H,1,7-13H2,2-3H3. The quantitative estimate of drug-likeness (QED) is 0.141. The first-order valence-electron chi connectivity index (χ1n) is 10.9. The molecule has 0 aromatic heterocycles. The molecule has 1 aliphatic heterocycles. The molecule has 1 aliphatic rings. The van der Waals surface area contributed by atoms with Crippen LogP contribution in [0.5, 0.6) is 0 Å². The first-order valence-corrected chi connectivity index (χ1v) is 10.9. The molecule has 14 nitrogen and oxygen atoms in total. The number of carbonyl (C=O) groups is 3. The van der Waals surface area contributed by atoms with E-state index in [2.05, 4.69) is 6.58 Å². The van der Waals surface area contributed by atoms with E-state index in [4.69, 9.17) is 18.9 Å². The number of likely N-dealkylation sites (tertiary alicyclic amines) is 1. The van der Waals surface area contributed by atoms with E-state index >= 15 is 0 Å². The molecular formula is C22H27N3O11. The van der Waals surface area contributed by atoms with Crippen LogP contribution in [0.3, 0.4) is 0 Å². The smallest absolute Gasteiger partial charge is 0.410 e. The Labute approximate surface area is 206 Å². The number of hydrogen-bond acceptors (Lipinski definition) is 11. The van der Waals surface area contributed by atoms with Crippen molar-refractivity contribution in [1.82, 2.24) is 4.90 Å². The second-order valence-electron chi connectivity index (χ2n) is 8.00. The molecule has 2 rings (SSSR count). The molecule has 0 saturated carbocycles. The van der Waals surface area contributed by atoms with Crippen LogP contribution in [0.25, 0.3) is 0 Å². The SMILES string of the molecule is C=C(C)C(=O)OCC(COC)OC(=O)C1CCN(C(=O)OCc2c([N+](=O)[O-])cccc2[N+](=O)[O-])CC1. The monoisotopic (exact) mass is 509 g/mol. The molecular weight excluding hydrogens is 482 g/mol. The summed E-state index contributed by atoms with van der Waals surface area (Å²) in [6.07, 6.45) is -1.13. The molecule has 1 aromatic carbocycles. The molecule has 1 saturated heterocycles. The lowest BCUT2D eigenvalue weighted by Crippen LogP contribution is -2.42. The summed E-state index contributed by atoms with van der Waals surface area (Å²) in [7, 11) is 1.41. The normalized spacial score (nSPS) is 14.4. The van der Waals surface area contributed by atoms with Gasteiger partial charge in [0.2, 0.25) is 0 Å². The maximum Gasteiger partial charge on any atom is 0.410 e. The van der Waals surface area contributed by atoms with E-state index in [1.807, 2.05) is 0 Å². The van der Waals surface area contributed by atoms with Crippen LogP contribution in [-0.2, 0) is 35.1 Å².